The van der Waals surface area contributed by atoms with E-state index in [9.17, 15) is 13.2 Å². The number of hydrogen-bond acceptors (Lipinski definition) is 4. The lowest BCUT2D eigenvalue weighted by Gasteiger charge is -2.37. The van der Waals surface area contributed by atoms with E-state index in [1.54, 1.807) is 30.3 Å². The molecule has 2 aliphatic heterocycles. The van der Waals surface area contributed by atoms with Crippen molar-refractivity contribution in [2.45, 2.75) is 43.2 Å². The number of nitrogens with one attached hydrogen (secondary N) is 1. The summed E-state index contributed by atoms with van der Waals surface area (Å²) in [4.78, 5) is 17.6. The van der Waals surface area contributed by atoms with Crippen molar-refractivity contribution < 1.29 is 13.2 Å². The Kier molecular flexibility index (Phi) is 6.88. The van der Waals surface area contributed by atoms with Gasteiger partial charge in [0.05, 0.1) is 4.90 Å². The molecule has 0 saturated carbocycles. The van der Waals surface area contributed by atoms with Gasteiger partial charge in [-0.15, -0.1) is 0 Å². The Morgan fingerprint density at radius 1 is 0.886 bits per heavy atom. The van der Waals surface area contributed by atoms with E-state index in [0.29, 0.717) is 25.1 Å². The highest BCUT2D eigenvalue weighted by molar-refractivity contribution is 7.89. The van der Waals surface area contributed by atoms with E-state index in [-0.39, 0.29) is 16.8 Å². The lowest BCUT2D eigenvalue weighted by atomic mass is 9.95. The number of sulfonamides is 1. The van der Waals surface area contributed by atoms with Gasteiger partial charge in [0.15, 0.2) is 0 Å². The van der Waals surface area contributed by atoms with Crippen molar-refractivity contribution in [1.29, 1.82) is 0 Å². The van der Waals surface area contributed by atoms with Crippen LogP contribution in [0.3, 0.4) is 0 Å². The number of rotatable bonds is 6. The summed E-state index contributed by atoms with van der Waals surface area (Å²) in [7, 11) is -3.65. The summed E-state index contributed by atoms with van der Waals surface area (Å²) in [6.45, 7) is 2.81. The van der Waals surface area contributed by atoms with Crippen LogP contribution in [0.15, 0.2) is 83.8 Å². The summed E-state index contributed by atoms with van der Waals surface area (Å²) in [6.07, 6.45) is 3.80. The molecule has 1 fully saturated rings. The summed E-state index contributed by atoms with van der Waals surface area (Å²) in [6, 6.07) is 24.2. The first-order valence-corrected chi connectivity index (χ1v) is 13.8. The molecule has 0 aromatic heterocycles. The number of nitrogens with zero attached hydrogens (tertiary/aromatic N) is 2. The Morgan fingerprint density at radius 3 is 2.29 bits per heavy atom. The number of anilines is 1. The molecule has 0 radical (unpaired) electrons. The van der Waals surface area contributed by atoms with Crippen LogP contribution in [-0.2, 0) is 23.0 Å². The molecule has 1 N–H and O–H groups in total. The van der Waals surface area contributed by atoms with Gasteiger partial charge in [-0.2, -0.15) is 0 Å². The number of piperidine rings is 1. The van der Waals surface area contributed by atoms with Crippen molar-refractivity contribution in [2.75, 3.05) is 24.5 Å². The average Bonchev–Trinajstić information content (AvgIpc) is 2.89. The Bertz CT molecular complexity index is 1270. The molecule has 2 heterocycles. The Hall–Kier alpha value is -3.16. The predicted molar refractivity (Wildman–Crippen MR) is 138 cm³/mol. The van der Waals surface area contributed by atoms with Crippen molar-refractivity contribution in [2.24, 2.45) is 0 Å². The third-order valence-corrected chi connectivity index (χ3v) is 8.35. The fourth-order valence-corrected chi connectivity index (χ4v) is 6.33. The lowest BCUT2D eigenvalue weighted by molar-refractivity contribution is 0.0724. The van der Waals surface area contributed by atoms with Crippen molar-refractivity contribution in [3.05, 3.63) is 95.6 Å². The molecule has 2 aliphatic rings. The molecule has 7 heteroatoms. The molecule has 35 heavy (non-hydrogen) atoms. The van der Waals surface area contributed by atoms with E-state index < -0.39 is 10.0 Å². The molecule has 3 aromatic rings. The van der Waals surface area contributed by atoms with Gasteiger partial charge < -0.3 is 9.80 Å². The van der Waals surface area contributed by atoms with Crippen molar-refractivity contribution in [1.82, 2.24) is 9.62 Å². The molecule has 0 spiro atoms. The number of benzene rings is 3. The van der Waals surface area contributed by atoms with E-state index in [2.05, 4.69) is 21.8 Å². The van der Waals surface area contributed by atoms with Gasteiger partial charge in [0.25, 0.3) is 5.91 Å². The molecular weight excluding hydrogens is 458 g/mol. The molecule has 1 atom stereocenters. The third-order valence-electron chi connectivity index (χ3n) is 6.81. The molecular formula is C28H31N3O3S. The monoisotopic (exact) mass is 489 g/mol. The first kappa shape index (κ1) is 23.6. The maximum Gasteiger partial charge on any atom is 0.253 e. The topological polar surface area (TPSA) is 69.7 Å². The van der Waals surface area contributed by atoms with Gasteiger partial charge in [0.2, 0.25) is 10.0 Å². The zero-order valence-electron chi connectivity index (χ0n) is 19.8. The van der Waals surface area contributed by atoms with Gasteiger partial charge in [-0.3, -0.25) is 4.79 Å². The van der Waals surface area contributed by atoms with Gasteiger partial charge >= 0.3 is 0 Å². The second kappa shape index (κ2) is 10.2. The predicted octanol–water partition coefficient (Wildman–Crippen LogP) is 4.22. The van der Waals surface area contributed by atoms with Crippen molar-refractivity contribution >= 4 is 21.6 Å². The Balaban J connectivity index is 1.44. The number of hydrogen-bond donors (Lipinski definition) is 1. The quantitative estimate of drug-likeness (QED) is 0.563. The summed E-state index contributed by atoms with van der Waals surface area (Å²) >= 11 is 0. The highest BCUT2D eigenvalue weighted by Gasteiger charge is 2.29. The van der Waals surface area contributed by atoms with Gasteiger partial charge in [-0.05, 0) is 67.1 Å². The number of likely N-dealkylation sites (tertiary alicyclic amines) is 1. The summed E-state index contributed by atoms with van der Waals surface area (Å²) < 4.78 is 29.1. The first-order valence-electron chi connectivity index (χ1n) is 12.3. The molecule has 3 aromatic carbocycles. The van der Waals surface area contributed by atoms with E-state index in [1.165, 1.54) is 6.42 Å². The number of carbonyl (C=O) groups excluding carboxylic acids is 1. The second-order valence-electron chi connectivity index (χ2n) is 9.40. The van der Waals surface area contributed by atoms with Crippen LogP contribution in [0.25, 0.3) is 0 Å². The molecule has 1 amide bonds. The number of carbonyl (C=O) groups is 1. The summed E-state index contributed by atoms with van der Waals surface area (Å²) in [5, 5.41) is 0. The van der Waals surface area contributed by atoms with Crippen LogP contribution in [0.1, 0.15) is 40.7 Å². The van der Waals surface area contributed by atoms with Gasteiger partial charge in [-0.1, -0.05) is 48.5 Å². The van der Waals surface area contributed by atoms with E-state index in [0.717, 1.165) is 42.7 Å². The van der Waals surface area contributed by atoms with E-state index >= 15 is 0 Å². The maximum absolute atomic E-state index is 13.2. The molecule has 1 unspecified atom stereocenters. The van der Waals surface area contributed by atoms with Crippen LogP contribution in [0, 0.1) is 0 Å². The van der Waals surface area contributed by atoms with Gasteiger partial charge in [-0.25, -0.2) is 13.1 Å². The Morgan fingerprint density at radius 2 is 1.57 bits per heavy atom. The largest absolute Gasteiger partial charge is 0.365 e. The highest BCUT2D eigenvalue weighted by atomic mass is 32.2. The first-order chi connectivity index (χ1) is 17.0. The zero-order valence-corrected chi connectivity index (χ0v) is 20.6. The van der Waals surface area contributed by atoms with E-state index in [1.807, 2.05) is 41.3 Å². The fraction of sp³-hybridized carbons (Fsp3) is 0.321. The van der Waals surface area contributed by atoms with Crippen LogP contribution < -0.4 is 9.62 Å². The van der Waals surface area contributed by atoms with Gasteiger partial charge in [0, 0.05) is 43.5 Å². The molecule has 0 aliphatic carbocycles. The maximum atomic E-state index is 13.2. The van der Waals surface area contributed by atoms with Crippen molar-refractivity contribution in [3.63, 3.8) is 0 Å². The lowest BCUT2D eigenvalue weighted by Crippen LogP contribution is -2.48. The smallest absolute Gasteiger partial charge is 0.253 e. The molecule has 1 saturated heterocycles. The number of amides is 1. The Labute approximate surface area is 207 Å². The van der Waals surface area contributed by atoms with E-state index in [4.69, 9.17) is 0 Å². The zero-order chi connectivity index (χ0) is 24.3. The summed E-state index contributed by atoms with van der Waals surface area (Å²) in [5.74, 6) is 0.0640. The van der Waals surface area contributed by atoms with Crippen molar-refractivity contribution in [3.8, 4) is 0 Å². The molecule has 182 valence electrons. The standard InChI is InChI=1S/C28H31N3O3S/c32-28(30-16-8-3-9-17-30)23-14-15-27-24(18-23)19-25(21-31(27)20-22-10-4-1-5-11-22)29-35(33,34)26-12-6-2-7-13-26/h1-2,4-7,10-15,18,25,29H,3,8-9,16-17,19-21H2. The summed E-state index contributed by atoms with van der Waals surface area (Å²) in [5.41, 5.74) is 3.88. The third kappa shape index (κ3) is 5.41. The fourth-order valence-electron chi connectivity index (χ4n) is 5.08. The molecule has 5 rings (SSSR count). The van der Waals surface area contributed by atoms with Crippen LogP contribution in [0.2, 0.25) is 0 Å². The molecule has 0 bridgehead atoms. The SMILES string of the molecule is O=C(c1ccc2c(c1)CC(NS(=O)(=O)c1ccccc1)CN2Cc1ccccc1)N1CCCCC1. The number of fused-ring (bicyclic) bond motifs is 1. The minimum atomic E-state index is -3.65. The van der Waals surface area contributed by atoms with Crippen LogP contribution >= 0.6 is 0 Å². The minimum absolute atomic E-state index is 0.0640. The minimum Gasteiger partial charge on any atom is -0.365 e. The normalized spacial score (nSPS) is 18.2. The van der Waals surface area contributed by atoms with Crippen LogP contribution in [0.5, 0.6) is 0 Å². The highest BCUT2D eigenvalue weighted by Crippen LogP contribution is 2.31. The average molecular weight is 490 g/mol. The van der Waals surface area contributed by atoms with Crippen LogP contribution in [0.4, 0.5) is 5.69 Å². The molecule has 6 nitrogen and oxygen atoms in total. The van der Waals surface area contributed by atoms with Gasteiger partial charge in [0.1, 0.15) is 0 Å². The second-order valence-corrected chi connectivity index (χ2v) is 11.1. The van der Waals surface area contributed by atoms with Crippen LogP contribution in [-0.4, -0.2) is 44.9 Å².